The molecule has 0 radical (unpaired) electrons. The highest BCUT2D eigenvalue weighted by Crippen LogP contribution is 2.29. The summed E-state index contributed by atoms with van der Waals surface area (Å²) in [6, 6.07) is 23.2. The van der Waals surface area contributed by atoms with E-state index in [1.165, 1.54) is 0 Å². The van der Waals surface area contributed by atoms with Gasteiger partial charge in [-0.3, -0.25) is 9.97 Å². The summed E-state index contributed by atoms with van der Waals surface area (Å²) in [5, 5.41) is 13.8. The van der Waals surface area contributed by atoms with Crippen molar-refractivity contribution in [2.45, 2.75) is 0 Å². The summed E-state index contributed by atoms with van der Waals surface area (Å²) in [7, 11) is 0. The van der Waals surface area contributed by atoms with Crippen LogP contribution in [-0.2, 0) is 0 Å². The Bertz CT molecular complexity index is 1350. The van der Waals surface area contributed by atoms with Gasteiger partial charge in [0, 0.05) is 29.7 Å². The maximum Gasteiger partial charge on any atom is 0.153 e. The molecule has 3 heterocycles. The molecule has 5 aromatic rings. The fourth-order valence-corrected chi connectivity index (χ4v) is 3.22. The summed E-state index contributed by atoms with van der Waals surface area (Å²) in [6.45, 7) is 0. The van der Waals surface area contributed by atoms with E-state index in [9.17, 15) is 0 Å². The van der Waals surface area contributed by atoms with E-state index in [1.807, 2.05) is 59.3 Å². The molecule has 0 atom stereocenters. The molecule has 2 aromatic carbocycles. The van der Waals surface area contributed by atoms with Gasteiger partial charge >= 0.3 is 0 Å². The van der Waals surface area contributed by atoms with E-state index >= 15 is 0 Å². The molecular weight excluding hydrogens is 360 g/mol. The number of hydrogen-bond acceptors (Lipinski definition) is 5. The Morgan fingerprint density at radius 2 is 1.52 bits per heavy atom. The van der Waals surface area contributed by atoms with Gasteiger partial charge in [-0.25, -0.2) is 9.67 Å². The summed E-state index contributed by atoms with van der Waals surface area (Å²) in [4.78, 5) is 13.2. The number of aromatic nitrogens is 5. The number of fused-ring (bicyclic) bond motifs is 1. The molecule has 0 fully saturated rings. The van der Waals surface area contributed by atoms with E-state index in [0.717, 1.165) is 39.4 Å². The summed E-state index contributed by atoms with van der Waals surface area (Å²) >= 11 is 0. The van der Waals surface area contributed by atoms with Crippen molar-refractivity contribution in [2.24, 2.45) is 0 Å². The van der Waals surface area contributed by atoms with E-state index in [4.69, 9.17) is 10.4 Å². The first-order valence-electron chi connectivity index (χ1n) is 9.05. The zero-order chi connectivity index (χ0) is 19.6. The maximum atomic E-state index is 9.04. The van der Waals surface area contributed by atoms with Gasteiger partial charge in [0.05, 0.1) is 34.1 Å². The van der Waals surface area contributed by atoms with Crippen LogP contribution < -0.4 is 0 Å². The highest BCUT2D eigenvalue weighted by Gasteiger charge is 2.14. The first-order valence-corrected chi connectivity index (χ1v) is 9.05. The van der Waals surface area contributed by atoms with Crippen LogP contribution in [0.1, 0.15) is 5.56 Å². The molecule has 0 N–H and O–H groups in total. The van der Waals surface area contributed by atoms with Crippen LogP contribution in [0.5, 0.6) is 0 Å². The molecule has 6 nitrogen and oxygen atoms in total. The molecule has 29 heavy (non-hydrogen) atoms. The molecule has 0 spiro atoms. The smallest absolute Gasteiger partial charge is 0.153 e. The molecule has 5 rings (SSSR count). The Morgan fingerprint density at radius 1 is 0.724 bits per heavy atom. The Hall–Kier alpha value is -4.37. The molecule has 0 aliphatic rings. The summed E-state index contributed by atoms with van der Waals surface area (Å²) < 4.78 is 1.82. The van der Waals surface area contributed by atoms with Gasteiger partial charge in [-0.15, -0.1) is 0 Å². The van der Waals surface area contributed by atoms with Crippen molar-refractivity contribution in [2.75, 3.05) is 0 Å². The van der Waals surface area contributed by atoms with E-state index < -0.39 is 0 Å². The van der Waals surface area contributed by atoms with Crippen molar-refractivity contribution in [3.05, 3.63) is 90.9 Å². The number of hydrogen-bond donors (Lipinski definition) is 0. The van der Waals surface area contributed by atoms with E-state index in [1.54, 1.807) is 30.7 Å². The minimum Gasteiger partial charge on any atom is -0.253 e. The molecule has 0 amide bonds. The second kappa shape index (κ2) is 6.98. The van der Waals surface area contributed by atoms with Crippen molar-refractivity contribution < 1.29 is 0 Å². The number of nitriles is 1. The monoisotopic (exact) mass is 374 g/mol. The molecule has 6 heteroatoms. The lowest BCUT2D eigenvalue weighted by Gasteiger charge is -2.07. The molecule has 0 aliphatic heterocycles. The van der Waals surface area contributed by atoms with Crippen LogP contribution in [0.3, 0.4) is 0 Å². The van der Waals surface area contributed by atoms with Gasteiger partial charge in [-0.2, -0.15) is 10.4 Å². The third kappa shape index (κ3) is 3.11. The topological polar surface area (TPSA) is 80.3 Å². The zero-order valence-electron chi connectivity index (χ0n) is 15.3. The average molecular weight is 374 g/mol. The lowest BCUT2D eigenvalue weighted by Crippen LogP contribution is -2.01. The third-order valence-electron chi connectivity index (χ3n) is 4.65. The molecule has 3 aromatic heterocycles. The first kappa shape index (κ1) is 16.8. The van der Waals surface area contributed by atoms with E-state index in [-0.39, 0.29) is 0 Å². The minimum absolute atomic E-state index is 0.617. The zero-order valence-corrected chi connectivity index (χ0v) is 15.3. The van der Waals surface area contributed by atoms with Crippen LogP contribution in [0.25, 0.3) is 39.4 Å². The van der Waals surface area contributed by atoms with Crippen molar-refractivity contribution in [1.29, 1.82) is 5.26 Å². The number of benzene rings is 2. The quantitative estimate of drug-likeness (QED) is 0.467. The van der Waals surface area contributed by atoms with E-state index in [2.05, 4.69) is 21.0 Å². The highest BCUT2D eigenvalue weighted by molar-refractivity contribution is 5.81. The largest absolute Gasteiger partial charge is 0.253 e. The predicted octanol–water partition coefficient (Wildman–Crippen LogP) is 4.42. The second-order valence-electron chi connectivity index (χ2n) is 6.46. The lowest BCUT2D eigenvalue weighted by molar-refractivity contribution is 0.857. The van der Waals surface area contributed by atoms with Crippen LogP contribution in [0.15, 0.2) is 85.3 Å². The molecule has 0 saturated heterocycles. The van der Waals surface area contributed by atoms with Crippen molar-refractivity contribution in [3.8, 4) is 34.4 Å². The standard InChI is InChI=1S/C23H14N6/c24-15-16-4-6-17(7-5-16)20-14-22(29(28-20)23-3-1-2-10-27-23)18-8-9-19-21(13-18)26-12-11-25-19/h1-14H. The molecular formula is C23H14N6. The van der Waals surface area contributed by atoms with Crippen LogP contribution in [0.4, 0.5) is 0 Å². The molecule has 0 unspecified atom stereocenters. The summed E-state index contributed by atoms with van der Waals surface area (Å²) in [5.74, 6) is 0.724. The Balaban J connectivity index is 1.69. The van der Waals surface area contributed by atoms with Crippen molar-refractivity contribution in [1.82, 2.24) is 24.7 Å². The predicted molar refractivity (Wildman–Crippen MR) is 110 cm³/mol. The summed E-state index contributed by atoms with van der Waals surface area (Å²) in [5.41, 5.74) is 5.87. The fourth-order valence-electron chi connectivity index (χ4n) is 3.22. The molecule has 0 bridgehead atoms. The van der Waals surface area contributed by atoms with Crippen molar-refractivity contribution in [3.63, 3.8) is 0 Å². The number of nitrogens with zero attached hydrogens (tertiary/aromatic N) is 6. The Labute approximate surface area is 166 Å². The molecule has 0 aliphatic carbocycles. The number of rotatable bonds is 3. The van der Waals surface area contributed by atoms with Gasteiger partial charge in [-0.1, -0.05) is 24.3 Å². The van der Waals surface area contributed by atoms with Crippen LogP contribution in [-0.4, -0.2) is 24.7 Å². The number of pyridine rings is 1. The lowest BCUT2D eigenvalue weighted by atomic mass is 10.1. The van der Waals surface area contributed by atoms with Crippen LogP contribution >= 0.6 is 0 Å². The highest BCUT2D eigenvalue weighted by atomic mass is 15.3. The Morgan fingerprint density at radius 3 is 2.28 bits per heavy atom. The first-order chi connectivity index (χ1) is 14.3. The van der Waals surface area contributed by atoms with E-state index in [0.29, 0.717) is 5.56 Å². The van der Waals surface area contributed by atoms with Gasteiger partial charge in [0.25, 0.3) is 0 Å². The minimum atomic E-state index is 0.617. The van der Waals surface area contributed by atoms with Gasteiger partial charge in [0.15, 0.2) is 5.82 Å². The SMILES string of the molecule is N#Cc1ccc(-c2cc(-c3ccc4nccnc4c3)n(-c3ccccn3)n2)cc1. The Kier molecular flexibility index (Phi) is 4.04. The average Bonchev–Trinajstić information content (AvgIpc) is 3.25. The summed E-state index contributed by atoms with van der Waals surface area (Å²) in [6.07, 6.45) is 5.11. The van der Waals surface area contributed by atoms with Gasteiger partial charge in [0.1, 0.15) is 0 Å². The van der Waals surface area contributed by atoms with Crippen LogP contribution in [0.2, 0.25) is 0 Å². The normalized spacial score (nSPS) is 10.7. The maximum absolute atomic E-state index is 9.04. The molecule has 136 valence electrons. The molecule has 0 saturated carbocycles. The fraction of sp³-hybridized carbons (Fsp3) is 0. The van der Waals surface area contributed by atoms with Crippen LogP contribution in [0, 0.1) is 11.3 Å². The van der Waals surface area contributed by atoms with Gasteiger partial charge < -0.3 is 0 Å². The van der Waals surface area contributed by atoms with Crippen molar-refractivity contribution >= 4 is 11.0 Å². The second-order valence-corrected chi connectivity index (χ2v) is 6.46. The van der Waals surface area contributed by atoms with Gasteiger partial charge in [-0.05, 0) is 42.5 Å². The third-order valence-corrected chi connectivity index (χ3v) is 4.65. The van der Waals surface area contributed by atoms with Gasteiger partial charge in [0.2, 0.25) is 0 Å².